The molecule has 1 aliphatic rings. The van der Waals surface area contributed by atoms with Crippen LogP contribution in [0, 0.1) is 5.41 Å². The third-order valence-corrected chi connectivity index (χ3v) is 3.79. The molecular formula is C16H27NO3. The van der Waals surface area contributed by atoms with Gasteiger partial charge in [-0.1, -0.05) is 6.08 Å². The van der Waals surface area contributed by atoms with Crippen molar-refractivity contribution in [3.05, 3.63) is 12.7 Å². The highest BCUT2D eigenvalue weighted by Crippen LogP contribution is 2.38. The highest BCUT2D eigenvalue weighted by Gasteiger charge is 2.33. The Bertz CT molecular complexity index is 347. The molecule has 0 saturated carbocycles. The molecular weight excluding hydrogens is 254 g/mol. The van der Waals surface area contributed by atoms with E-state index in [1.54, 1.807) is 4.90 Å². The molecule has 0 radical (unpaired) electrons. The molecule has 114 valence electrons. The van der Waals surface area contributed by atoms with E-state index in [9.17, 15) is 9.59 Å². The number of hydrogen-bond acceptors (Lipinski definition) is 3. The van der Waals surface area contributed by atoms with Gasteiger partial charge in [0, 0.05) is 19.5 Å². The molecule has 20 heavy (non-hydrogen) atoms. The Labute approximate surface area is 122 Å². The average Bonchev–Trinajstić information content (AvgIpc) is 2.51. The van der Waals surface area contributed by atoms with Gasteiger partial charge in [-0.2, -0.15) is 0 Å². The van der Waals surface area contributed by atoms with Gasteiger partial charge in [-0.25, -0.2) is 4.79 Å². The van der Waals surface area contributed by atoms with Crippen LogP contribution in [0.4, 0.5) is 4.79 Å². The lowest BCUT2D eigenvalue weighted by Crippen LogP contribution is -2.37. The van der Waals surface area contributed by atoms with E-state index < -0.39 is 5.60 Å². The highest BCUT2D eigenvalue weighted by atomic mass is 16.6. The predicted molar refractivity (Wildman–Crippen MR) is 79.6 cm³/mol. The SMILES string of the molecule is C=CCC1(CC=O)CCCN(C(=O)OC(C)(C)C)CC1. The molecule has 0 bridgehead atoms. The van der Waals surface area contributed by atoms with Gasteiger partial charge in [0.25, 0.3) is 0 Å². The van der Waals surface area contributed by atoms with Crippen LogP contribution in [0.25, 0.3) is 0 Å². The normalized spacial score (nSPS) is 23.9. The van der Waals surface area contributed by atoms with Crippen molar-refractivity contribution in [1.82, 2.24) is 4.90 Å². The number of carbonyl (C=O) groups excluding carboxylic acids is 2. The Hall–Kier alpha value is -1.32. The van der Waals surface area contributed by atoms with E-state index in [1.165, 1.54) is 0 Å². The third kappa shape index (κ3) is 4.99. The van der Waals surface area contributed by atoms with Gasteiger partial charge in [-0.3, -0.25) is 0 Å². The fraction of sp³-hybridized carbons (Fsp3) is 0.750. The zero-order chi connectivity index (χ0) is 15.2. The van der Waals surface area contributed by atoms with Gasteiger partial charge in [0.15, 0.2) is 0 Å². The van der Waals surface area contributed by atoms with Gasteiger partial charge in [0.2, 0.25) is 0 Å². The summed E-state index contributed by atoms with van der Waals surface area (Å²) >= 11 is 0. The zero-order valence-corrected chi connectivity index (χ0v) is 13.0. The summed E-state index contributed by atoms with van der Waals surface area (Å²) in [6.45, 7) is 10.8. The molecule has 1 amide bonds. The minimum atomic E-state index is -0.468. The van der Waals surface area contributed by atoms with Crippen LogP contribution in [0.1, 0.15) is 52.9 Å². The van der Waals surface area contributed by atoms with Crippen molar-refractivity contribution < 1.29 is 14.3 Å². The van der Waals surface area contributed by atoms with Crippen LogP contribution in [-0.4, -0.2) is 36.0 Å². The predicted octanol–water partition coefficient (Wildman–Crippen LogP) is 3.56. The van der Waals surface area contributed by atoms with Crippen molar-refractivity contribution in [3.8, 4) is 0 Å². The van der Waals surface area contributed by atoms with Crippen molar-refractivity contribution in [2.45, 2.75) is 58.5 Å². The van der Waals surface area contributed by atoms with Crippen LogP contribution >= 0.6 is 0 Å². The molecule has 0 spiro atoms. The lowest BCUT2D eigenvalue weighted by Gasteiger charge is -2.30. The first-order valence-corrected chi connectivity index (χ1v) is 7.34. The van der Waals surface area contributed by atoms with E-state index in [1.807, 2.05) is 26.8 Å². The first-order valence-electron chi connectivity index (χ1n) is 7.34. The van der Waals surface area contributed by atoms with Crippen LogP contribution in [0.15, 0.2) is 12.7 Å². The number of rotatable bonds is 4. The summed E-state index contributed by atoms with van der Waals surface area (Å²) in [6, 6.07) is 0. The molecule has 0 aromatic carbocycles. The van der Waals surface area contributed by atoms with E-state index in [4.69, 9.17) is 4.74 Å². The Morgan fingerprint density at radius 1 is 1.30 bits per heavy atom. The minimum Gasteiger partial charge on any atom is -0.444 e. The molecule has 4 heteroatoms. The van der Waals surface area contributed by atoms with Crippen molar-refractivity contribution in [3.63, 3.8) is 0 Å². The van der Waals surface area contributed by atoms with E-state index in [0.717, 1.165) is 32.0 Å². The molecule has 1 saturated heterocycles. The first-order chi connectivity index (χ1) is 9.32. The summed E-state index contributed by atoms with van der Waals surface area (Å²) in [5.41, 5.74) is -0.495. The van der Waals surface area contributed by atoms with Gasteiger partial charge in [-0.05, 0) is 51.9 Å². The summed E-state index contributed by atoms with van der Waals surface area (Å²) in [7, 11) is 0. The topological polar surface area (TPSA) is 46.6 Å². The molecule has 1 fully saturated rings. The van der Waals surface area contributed by atoms with Crippen molar-refractivity contribution >= 4 is 12.4 Å². The summed E-state index contributed by atoms with van der Waals surface area (Å²) in [5, 5.41) is 0. The monoisotopic (exact) mass is 281 g/mol. The van der Waals surface area contributed by atoms with Crippen molar-refractivity contribution in [2.75, 3.05) is 13.1 Å². The minimum absolute atomic E-state index is 0.0275. The van der Waals surface area contributed by atoms with Crippen LogP contribution < -0.4 is 0 Å². The van der Waals surface area contributed by atoms with Crippen molar-refractivity contribution in [2.24, 2.45) is 5.41 Å². The average molecular weight is 281 g/mol. The largest absolute Gasteiger partial charge is 0.444 e. The van der Waals surface area contributed by atoms with E-state index in [2.05, 4.69) is 6.58 Å². The maximum Gasteiger partial charge on any atom is 0.410 e. The Balaban J connectivity index is 2.68. The molecule has 4 nitrogen and oxygen atoms in total. The van der Waals surface area contributed by atoms with Gasteiger partial charge >= 0.3 is 6.09 Å². The standard InChI is InChI=1S/C16H27NO3/c1-5-7-16(10-13-18)8-6-11-17(12-9-16)14(19)20-15(2,3)4/h5,13H,1,6-12H2,2-4H3. The molecule has 1 unspecified atom stereocenters. The third-order valence-electron chi connectivity index (χ3n) is 3.79. The summed E-state index contributed by atoms with van der Waals surface area (Å²) in [6.07, 6.45) is 6.68. The maximum atomic E-state index is 12.1. The van der Waals surface area contributed by atoms with E-state index >= 15 is 0 Å². The van der Waals surface area contributed by atoms with Crippen molar-refractivity contribution in [1.29, 1.82) is 0 Å². The van der Waals surface area contributed by atoms with Crippen LogP contribution in [0.5, 0.6) is 0 Å². The number of carbonyl (C=O) groups is 2. The molecule has 0 N–H and O–H groups in total. The summed E-state index contributed by atoms with van der Waals surface area (Å²) < 4.78 is 5.42. The molecule has 1 atom stereocenters. The second-order valence-corrected chi connectivity index (χ2v) is 6.68. The Morgan fingerprint density at radius 3 is 2.55 bits per heavy atom. The number of hydrogen-bond donors (Lipinski definition) is 0. The quantitative estimate of drug-likeness (QED) is 0.584. The number of amides is 1. The summed E-state index contributed by atoms with van der Waals surface area (Å²) in [5.74, 6) is 0. The van der Waals surface area contributed by atoms with Gasteiger partial charge in [-0.15, -0.1) is 6.58 Å². The lowest BCUT2D eigenvalue weighted by atomic mass is 9.75. The van der Waals surface area contributed by atoms with Crippen LogP contribution in [0.3, 0.4) is 0 Å². The highest BCUT2D eigenvalue weighted by molar-refractivity contribution is 5.68. The van der Waals surface area contributed by atoms with Gasteiger partial charge < -0.3 is 14.4 Å². The van der Waals surface area contributed by atoms with Crippen LogP contribution in [0.2, 0.25) is 0 Å². The second-order valence-electron chi connectivity index (χ2n) is 6.68. The van der Waals surface area contributed by atoms with Gasteiger partial charge in [0.05, 0.1) is 0 Å². The number of aldehydes is 1. The first kappa shape index (κ1) is 16.7. The Kier molecular flexibility index (Phi) is 5.78. The number of nitrogens with zero attached hydrogens (tertiary/aromatic N) is 1. The molecule has 1 rings (SSSR count). The fourth-order valence-electron chi connectivity index (χ4n) is 2.74. The molecule has 1 aliphatic heterocycles. The van der Waals surface area contributed by atoms with Crippen LogP contribution in [-0.2, 0) is 9.53 Å². The summed E-state index contributed by atoms with van der Waals surface area (Å²) in [4.78, 5) is 24.8. The molecule has 0 aromatic rings. The Morgan fingerprint density at radius 2 is 2.00 bits per heavy atom. The van der Waals surface area contributed by atoms with E-state index in [-0.39, 0.29) is 11.5 Å². The fourth-order valence-corrected chi connectivity index (χ4v) is 2.74. The number of ether oxygens (including phenoxy) is 1. The molecule has 0 aromatic heterocycles. The number of allylic oxidation sites excluding steroid dienone is 1. The molecule has 0 aliphatic carbocycles. The van der Waals surface area contributed by atoms with Gasteiger partial charge in [0.1, 0.15) is 11.9 Å². The maximum absolute atomic E-state index is 12.1. The number of likely N-dealkylation sites (tertiary alicyclic amines) is 1. The smallest absolute Gasteiger partial charge is 0.410 e. The zero-order valence-electron chi connectivity index (χ0n) is 13.0. The van der Waals surface area contributed by atoms with E-state index in [0.29, 0.717) is 19.5 Å². The molecule has 1 heterocycles. The lowest BCUT2D eigenvalue weighted by molar-refractivity contribution is -0.110. The second kappa shape index (κ2) is 6.91.